The summed E-state index contributed by atoms with van der Waals surface area (Å²) in [4.78, 5) is 11.2. The molecular weight excluding hydrogens is 293 g/mol. The molecule has 1 amide bonds. The summed E-state index contributed by atoms with van der Waals surface area (Å²) in [6.07, 6.45) is -3.39. The Morgan fingerprint density at radius 3 is 2.80 bits per heavy atom. The molecule has 5 nitrogen and oxygen atoms in total. The van der Waals surface area contributed by atoms with Crippen LogP contribution in [-0.2, 0) is 11.2 Å². The van der Waals surface area contributed by atoms with Crippen LogP contribution in [0.3, 0.4) is 0 Å². The van der Waals surface area contributed by atoms with Crippen molar-refractivity contribution in [3.63, 3.8) is 0 Å². The Morgan fingerprint density at radius 2 is 2.20 bits per heavy atom. The number of hydrogen-bond donors (Lipinski definition) is 2. The van der Waals surface area contributed by atoms with E-state index in [1.165, 1.54) is 0 Å². The minimum atomic E-state index is -4.30. The van der Waals surface area contributed by atoms with Crippen molar-refractivity contribution in [2.24, 2.45) is 0 Å². The monoisotopic (exact) mass is 308 g/mol. The summed E-state index contributed by atoms with van der Waals surface area (Å²) in [5.74, 6) is 0.128. The Balaban J connectivity index is 1.76. The van der Waals surface area contributed by atoms with E-state index in [0.717, 1.165) is 18.7 Å². The second-order valence-electron chi connectivity index (χ2n) is 4.76. The molecule has 9 heteroatoms. The maximum Gasteiger partial charge on any atom is 0.389 e. The lowest BCUT2D eigenvalue weighted by molar-refractivity contribution is -0.144. The van der Waals surface area contributed by atoms with Crippen LogP contribution in [0.2, 0.25) is 0 Å². The minimum Gasteiger partial charge on any atom is -0.356 e. The Kier molecular flexibility index (Phi) is 4.46. The van der Waals surface area contributed by atoms with Gasteiger partial charge in [-0.3, -0.25) is 9.89 Å². The van der Waals surface area contributed by atoms with Gasteiger partial charge in [0.05, 0.1) is 6.42 Å². The molecule has 0 aliphatic heterocycles. The van der Waals surface area contributed by atoms with E-state index in [1.807, 2.05) is 4.57 Å². The van der Waals surface area contributed by atoms with Gasteiger partial charge in [0.25, 0.3) is 0 Å². The number of hydrogen-bond acceptors (Lipinski definition) is 3. The number of amides is 1. The number of rotatable bonds is 6. The molecule has 1 aromatic heterocycles. The molecule has 1 heterocycles. The van der Waals surface area contributed by atoms with Crippen LogP contribution in [0.4, 0.5) is 13.2 Å². The molecule has 0 bridgehead atoms. The first-order chi connectivity index (χ1) is 9.37. The van der Waals surface area contributed by atoms with Gasteiger partial charge < -0.3 is 9.88 Å². The quantitative estimate of drug-likeness (QED) is 0.793. The normalized spacial score (nSPS) is 15.3. The van der Waals surface area contributed by atoms with Crippen molar-refractivity contribution in [2.75, 3.05) is 6.54 Å². The van der Waals surface area contributed by atoms with Crippen LogP contribution in [-0.4, -0.2) is 33.4 Å². The van der Waals surface area contributed by atoms with E-state index in [9.17, 15) is 18.0 Å². The average Bonchev–Trinajstić information content (AvgIpc) is 3.11. The summed E-state index contributed by atoms with van der Waals surface area (Å²) in [6.45, 7) is 0.253. The van der Waals surface area contributed by atoms with Crippen molar-refractivity contribution >= 4 is 18.1 Å². The van der Waals surface area contributed by atoms with E-state index >= 15 is 0 Å². The first-order valence-electron chi connectivity index (χ1n) is 6.36. The van der Waals surface area contributed by atoms with Crippen LogP contribution in [0.5, 0.6) is 0 Å². The zero-order valence-corrected chi connectivity index (χ0v) is 11.5. The van der Waals surface area contributed by atoms with Gasteiger partial charge in [0.1, 0.15) is 5.82 Å². The van der Waals surface area contributed by atoms with Crippen LogP contribution in [0.1, 0.15) is 37.5 Å². The fraction of sp³-hybridized carbons (Fsp3) is 0.727. The molecule has 1 aromatic rings. The number of nitrogens with zero attached hydrogens (tertiary/aromatic N) is 2. The molecule has 0 unspecified atom stereocenters. The fourth-order valence-corrected chi connectivity index (χ4v) is 2.18. The first kappa shape index (κ1) is 15.0. The number of carbonyl (C=O) groups is 1. The summed E-state index contributed by atoms with van der Waals surface area (Å²) in [6, 6.07) is 0.372. The number of aromatic amines is 1. The largest absolute Gasteiger partial charge is 0.389 e. The first-order valence-corrected chi connectivity index (χ1v) is 6.77. The number of alkyl halides is 3. The SMILES string of the molecule is O=C(CCC(F)(F)F)NCCc1n[nH]c(=S)n1C1CC1. The standard InChI is InChI=1S/C11H15F3N4OS/c12-11(13,14)5-3-9(19)15-6-4-8-16-17-10(20)18(8)7-1-2-7/h7H,1-6H2,(H,15,19)(H,17,20). The van der Waals surface area contributed by atoms with Gasteiger partial charge in [-0.25, -0.2) is 0 Å². The van der Waals surface area contributed by atoms with Crippen molar-refractivity contribution < 1.29 is 18.0 Å². The smallest absolute Gasteiger partial charge is 0.356 e. The molecule has 2 N–H and O–H groups in total. The van der Waals surface area contributed by atoms with Crippen molar-refractivity contribution in [3.8, 4) is 0 Å². The maximum absolute atomic E-state index is 11.9. The van der Waals surface area contributed by atoms with Gasteiger partial charge in [-0.1, -0.05) is 0 Å². The molecule has 0 aromatic carbocycles. The number of nitrogens with one attached hydrogen (secondary N) is 2. The zero-order chi connectivity index (χ0) is 14.8. The van der Waals surface area contributed by atoms with Crippen molar-refractivity contribution in [2.45, 2.75) is 44.3 Å². The predicted octanol–water partition coefficient (Wildman–Crippen LogP) is 2.28. The Labute approximate surface area is 118 Å². The van der Waals surface area contributed by atoms with Crippen molar-refractivity contribution in [1.29, 1.82) is 0 Å². The molecule has 112 valence electrons. The highest BCUT2D eigenvalue weighted by Gasteiger charge is 2.28. The second kappa shape index (κ2) is 5.94. The average molecular weight is 308 g/mol. The third-order valence-electron chi connectivity index (χ3n) is 3.00. The van der Waals surface area contributed by atoms with Gasteiger partial charge >= 0.3 is 6.18 Å². The van der Waals surface area contributed by atoms with E-state index in [4.69, 9.17) is 12.2 Å². The molecule has 2 rings (SSSR count). The highest BCUT2D eigenvalue weighted by Crippen LogP contribution is 2.35. The van der Waals surface area contributed by atoms with Crippen molar-refractivity contribution in [3.05, 3.63) is 10.6 Å². The molecule has 0 saturated heterocycles. The molecule has 1 aliphatic rings. The summed E-state index contributed by atoms with van der Waals surface area (Å²) < 4.78 is 38.3. The van der Waals surface area contributed by atoms with Crippen molar-refractivity contribution in [1.82, 2.24) is 20.1 Å². The zero-order valence-electron chi connectivity index (χ0n) is 10.7. The summed E-state index contributed by atoms with van der Waals surface area (Å²) in [7, 11) is 0. The molecule has 20 heavy (non-hydrogen) atoms. The number of halogens is 3. The van der Waals surface area contributed by atoms with Crippen LogP contribution >= 0.6 is 12.2 Å². The highest BCUT2D eigenvalue weighted by molar-refractivity contribution is 7.71. The van der Waals surface area contributed by atoms with Gasteiger partial charge in [0.2, 0.25) is 5.91 Å². The van der Waals surface area contributed by atoms with E-state index < -0.39 is 24.9 Å². The summed E-state index contributed by atoms with van der Waals surface area (Å²) >= 11 is 5.11. The molecule has 1 fully saturated rings. The third kappa shape index (κ3) is 4.32. The number of H-pyrrole nitrogens is 1. The molecular formula is C11H15F3N4OS. The third-order valence-corrected chi connectivity index (χ3v) is 3.28. The van der Waals surface area contributed by atoms with E-state index in [2.05, 4.69) is 15.5 Å². The molecule has 0 radical (unpaired) electrons. The van der Waals surface area contributed by atoms with Gasteiger partial charge in [-0.2, -0.15) is 18.3 Å². The lowest BCUT2D eigenvalue weighted by Gasteiger charge is -2.08. The van der Waals surface area contributed by atoms with Crippen LogP contribution in [0.25, 0.3) is 0 Å². The number of carbonyl (C=O) groups excluding carboxylic acids is 1. The fourth-order valence-electron chi connectivity index (χ4n) is 1.88. The molecule has 1 aliphatic carbocycles. The molecule has 1 saturated carbocycles. The Hall–Kier alpha value is -1.38. The lowest BCUT2D eigenvalue weighted by Crippen LogP contribution is -2.27. The van der Waals surface area contributed by atoms with Gasteiger partial charge in [0, 0.05) is 25.4 Å². The van der Waals surface area contributed by atoms with Gasteiger partial charge in [-0.15, -0.1) is 0 Å². The van der Waals surface area contributed by atoms with E-state index in [1.54, 1.807) is 0 Å². The Bertz CT molecular complexity index is 533. The predicted molar refractivity (Wildman–Crippen MR) is 67.7 cm³/mol. The lowest BCUT2D eigenvalue weighted by atomic mass is 10.3. The van der Waals surface area contributed by atoms with E-state index in [0.29, 0.717) is 17.2 Å². The van der Waals surface area contributed by atoms with Crippen LogP contribution in [0.15, 0.2) is 0 Å². The summed E-state index contributed by atoms with van der Waals surface area (Å²) in [5.41, 5.74) is 0. The topological polar surface area (TPSA) is 62.7 Å². The maximum atomic E-state index is 11.9. The molecule has 0 atom stereocenters. The highest BCUT2D eigenvalue weighted by atomic mass is 32.1. The number of aromatic nitrogens is 3. The minimum absolute atomic E-state index is 0.253. The second-order valence-corrected chi connectivity index (χ2v) is 5.15. The summed E-state index contributed by atoms with van der Waals surface area (Å²) in [5, 5.41) is 9.23. The van der Waals surface area contributed by atoms with Gasteiger partial charge in [0.15, 0.2) is 4.77 Å². The van der Waals surface area contributed by atoms with Gasteiger partial charge in [-0.05, 0) is 25.1 Å². The van der Waals surface area contributed by atoms with E-state index in [-0.39, 0.29) is 6.54 Å². The van der Waals surface area contributed by atoms with Crippen LogP contribution < -0.4 is 5.32 Å². The Morgan fingerprint density at radius 1 is 1.50 bits per heavy atom. The van der Waals surface area contributed by atoms with Crippen LogP contribution in [0, 0.1) is 4.77 Å². The molecule has 0 spiro atoms.